The molecule has 0 radical (unpaired) electrons. The maximum absolute atomic E-state index is 12.5. The highest BCUT2D eigenvalue weighted by atomic mass is 16.5. The van der Waals surface area contributed by atoms with Crippen LogP contribution in [-0.2, 0) is 0 Å². The molecule has 1 heterocycles. The maximum Gasteiger partial charge on any atom is 0.255 e. The van der Waals surface area contributed by atoms with Crippen molar-refractivity contribution in [3.63, 3.8) is 0 Å². The molecule has 4 rings (SSSR count). The van der Waals surface area contributed by atoms with Crippen LogP contribution in [0.1, 0.15) is 17.3 Å². The van der Waals surface area contributed by atoms with E-state index >= 15 is 0 Å². The molecule has 3 N–H and O–H groups in total. The minimum atomic E-state index is -0.151. The number of amides is 1. The Bertz CT molecular complexity index is 1130. The molecule has 3 aromatic carbocycles. The molecule has 0 saturated heterocycles. The number of nitrogens with one attached hydrogen (secondary N) is 3. The first kappa shape index (κ1) is 18.6. The number of hydrogen-bond acceptors (Lipinski definition) is 4. The van der Waals surface area contributed by atoms with E-state index in [1.165, 1.54) is 0 Å². The van der Waals surface area contributed by atoms with Gasteiger partial charge in [-0.05, 0) is 73.7 Å². The van der Waals surface area contributed by atoms with E-state index in [4.69, 9.17) is 4.74 Å². The Kier molecular flexibility index (Phi) is 5.16. The number of carbonyl (C=O) groups is 1. The molecule has 0 aliphatic heterocycles. The first-order valence-electron chi connectivity index (χ1n) is 9.46. The fourth-order valence-corrected chi connectivity index (χ4v) is 3.12. The zero-order valence-electron chi connectivity index (χ0n) is 16.3. The minimum Gasteiger partial charge on any atom is -0.497 e. The van der Waals surface area contributed by atoms with Gasteiger partial charge in [-0.25, -0.2) is 4.98 Å². The molecule has 1 amide bonds. The number of H-pyrrole nitrogens is 1. The number of anilines is 2. The van der Waals surface area contributed by atoms with E-state index < -0.39 is 0 Å². The van der Waals surface area contributed by atoms with Crippen molar-refractivity contribution < 1.29 is 9.53 Å². The number of aromatic amines is 1. The Morgan fingerprint density at radius 3 is 2.41 bits per heavy atom. The van der Waals surface area contributed by atoms with Crippen LogP contribution in [0, 0.1) is 0 Å². The summed E-state index contributed by atoms with van der Waals surface area (Å²) < 4.78 is 5.20. The maximum atomic E-state index is 12.5. The van der Waals surface area contributed by atoms with Crippen LogP contribution >= 0.6 is 0 Å². The Morgan fingerprint density at radius 1 is 1.00 bits per heavy atom. The lowest BCUT2D eigenvalue weighted by Gasteiger charge is -2.07. The molecular formula is C23H22N4O2. The molecule has 146 valence electrons. The molecule has 1 aromatic heterocycles. The number of fused-ring (bicyclic) bond motifs is 1. The third-order valence-corrected chi connectivity index (χ3v) is 4.63. The SMILES string of the molecule is CCNc1ccc(C(=O)Nc2ccc3nc(-c4ccc(OC)cc4)[nH]c3c2)cc1. The summed E-state index contributed by atoms with van der Waals surface area (Å²) in [6, 6.07) is 20.8. The smallest absolute Gasteiger partial charge is 0.255 e. The van der Waals surface area contributed by atoms with Crippen LogP contribution < -0.4 is 15.4 Å². The lowest BCUT2D eigenvalue weighted by Crippen LogP contribution is -2.11. The Labute approximate surface area is 168 Å². The van der Waals surface area contributed by atoms with E-state index in [0.717, 1.165) is 40.4 Å². The molecular weight excluding hydrogens is 364 g/mol. The summed E-state index contributed by atoms with van der Waals surface area (Å²) in [5.41, 5.74) is 4.97. The standard InChI is InChI=1S/C23H22N4O2/c1-3-24-17-8-4-16(5-9-17)23(28)25-18-10-13-20-21(14-18)27-22(26-20)15-6-11-19(29-2)12-7-15/h4-14,24H,3H2,1-2H3,(H,25,28)(H,26,27). The van der Waals surface area contributed by atoms with E-state index in [-0.39, 0.29) is 5.91 Å². The molecule has 0 aliphatic carbocycles. The van der Waals surface area contributed by atoms with Crippen LogP contribution in [0.15, 0.2) is 66.7 Å². The Morgan fingerprint density at radius 2 is 1.72 bits per heavy atom. The van der Waals surface area contributed by atoms with Gasteiger partial charge < -0.3 is 20.4 Å². The molecule has 0 fully saturated rings. The van der Waals surface area contributed by atoms with Crippen LogP contribution in [0.2, 0.25) is 0 Å². The Balaban J connectivity index is 1.53. The first-order chi connectivity index (χ1) is 14.2. The van der Waals surface area contributed by atoms with Gasteiger partial charge in [0.1, 0.15) is 11.6 Å². The van der Waals surface area contributed by atoms with Gasteiger partial charge in [0.15, 0.2) is 0 Å². The monoisotopic (exact) mass is 386 g/mol. The number of hydrogen-bond donors (Lipinski definition) is 3. The number of nitrogens with zero attached hydrogens (tertiary/aromatic N) is 1. The van der Waals surface area contributed by atoms with Crippen LogP contribution in [0.3, 0.4) is 0 Å². The van der Waals surface area contributed by atoms with Crippen molar-refractivity contribution in [2.75, 3.05) is 24.3 Å². The van der Waals surface area contributed by atoms with Gasteiger partial charge in [0.2, 0.25) is 0 Å². The number of rotatable bonds is 6. The average molecular weight is 386 g/mol. The molecule has 0 unspecified atom stereocenters. The summed E-state index contributed by atoms with van der Waals surface area (Å²) in [6.45, 7) is 2.88. The second-order valence-electron chi connectivity index (χ2n) is 6.61. The number of methoxy groups -OCH3 is 1. The molecule has 6 heteroatoms. The number of benzene rings is 3. The van der Waals surface area contributed by atoms with E-state index in [1.54, 1.807) is 7.11 Å². The zero-order valence-corrected chi connectivity index (χ0v) is 16.3. The molecule has 0 bridgehead atoms. The summed E-state index contributed by atoms with van der Waals surface area (Å²) >= 11 is 0. The third kappa shape index (κ3) is 4.06. The highest BCUT2D eigenvalue weighted by Gasteiger charge is 2.09. The number of ether oxygens (including phenoxy) is 1. The largest absolute Gasteiger partial charge is 0.497 e. The number of carbonyl (C=O) groups excluding carboxylic acids is 1. The van der Waals surface area contributed by atoms with Crippen molar-refractivity contribution in [3.05, 3.63) is 72.3 Å². The van der Waals surface area contributed by atoms with Gasteiger partial charge >= 0.3 is 0 Å². The quantitative estimate of drug-likeness (QED) is 0.439. The fraction of sp³-hybridized carbons (Fsp3) is 0.130. The number of aromatic nitrogens is 2. The van der Waals surface area contributed by atoms with Gasteiger partial charge in [0.05, 0.1) is 18.1 Å². The number of imidazole rings is 1. The van der Waals surface area contributed by atoms with Crippen molar-refractivity contribution in [3.8, 4) is 17.1 Å². The fourth-order valence-electron chi connectivity index (χ4n) is 3.12. The molecule has 0 aliphatic rings. The van der Waals surface area contributed by atoms with Crippen molar-refractivity contribution in [2.45, 2.75) is 6.92 Å². The zero-order chi connectivity index (χ0) is 20.2. The summed E-state index contributed by atoms with van der Waals surface area (Å²) in [5, 5.41) is 6.16. The molecule has 6 nitrogen and oxygen atoms in total. The van der Waals surface area contributed by atoms with Crippen molar-refractivity contribution >= 4 is 28.3 Å². The molecule has 0 saturated carbocycles. The minimum absolute atomic E-state index is 0.151. The molecule has 29 heavy (non-hydrogen) atoms. The van der Waals surface area contributed by atoms with Gasteiger partial charge in [0.25, 0.3) is 5.91 Å². The van der Waals surface area contributed by atoms with Crippen LogP contribution in [-0.4, -0.2) is 29.5 Å². The second kappa shape index (κ2) is 8.06. The summed E-state index contributed by atoms with van der Waals surface area (Å²) in [5.74, 6) is 1.42. The second-order valence-corrected chi connectivity index (χ2v) is 6.61. The van der Waals surface area contributed by atoms with E-state index in [9.17, 15) is 4.79 Å². The first-order valence-corrected chi connectivity index (χ1v) is 9.46. The third-order valence-electron chi connectivity index (χ3n) is 4.63. The lowest BCUT2D eigenvalue weighted by molar-refractivity contribution is 0.102. The van der Waals surface area contributed by atoms with Gasteiger partial charge in [-0.2, -0.15) is 0 Å². The van der Waals surface area contributed by atoms with Gasteiger partial charge in [-0.1, -0.05) is 0 Å². The topological polar surface area (TPSA) is 79.0 Å². The van der Waals surface area contributed by atoms with Gasteiger partial charge in [0, 0.05) is 29.0 Å². The Hall–Kier alpha value is -3.80. The highest BCUT2D eigenvalue weighted by molar-refractivity contribution is 6.05. The predicted molar refractivity (Wildman–Crippen MR) is 117 cm³/mol. The molecule has 0 spiro atoms. The van der Waals surface area contributed by atoms with E-state index in [1.807, 2.05) is 73.7 Å². The summed E-state index contributed by atoms with van der Waals surface area (Å²) in [7, 11) is 1.64. The summed E-state index contributed by atoms with van der Waals surface area (Å²) in [6.07, 6.45) is 0. The molecule has 4 aromatic rings. The average Bonchev–Trinajstić information content (AvgIpc) is 3.18. The highest BCUT2D eigenvalue weighted by Crippen LogP contribution is 2.25. The van der Waals surface area contributed by atoms with Gasteiger partial charge in [-0.3, -0.25) is 4.79 Å². The predicted octanol–water partition coefficient (Wildman–Crippen LogP) is 4.92. The van der Waals surface area contributed by atoms with Crippen LogP contribution in [0.5, 0.6) is 5.75 Å². The van der Waals surface area contributed by atoms with Crippen molar-refractivity contribution in [2.24, 2.45) is 0 Å². The summed E-state index contributed by atoms with van der Waals surface area (Å²) in [4.78, 5) is 20.5. The van der Waals surface area contributed by atoms with Crippen LogP contribution in [0.25, 0.3) is 22.4 Å². The van der Waals surface area contributed by atoms with Gasteiger partial charge in [-0.15, -0.1) is 0 Å². The van der Waals surface area contributed by atoms with E-state index in [2.05, 4.69) is 20.6 Å². The van der Waals surface area contributed by atoms with Crippen molar-refractivity contribution in [1.82, 2.24) is 9.97 Å². The van der Waals surface area contributed by atoms with Crippen molar-refractivity contribution in [1.29, 1.82) is 0 Å². The molecule has 0 atom stereocenters. The van der Waals surface area contributed by atoms with Crippen LogP contribution in [0.4, 0.5) is 11.4 Å². The van der Waals surface area contributed by atoms with E-state index in [0.29, 0.717) is 11.3 Å². The normalized spacial score (nSPS) is 10.7. The lowest BCUT2D eigenvalue weighted by atomic mass is 10.2.